The average Bonchev–Trinajstić information content (AvgIpc) is 3.03. The summed E-state index contributed by atoms with van der Waals surface area (Å²) in [5.41, 5.74) is 2.55. The van der Waals surface area contributed by atoms with E-state index in [1.54, 1.807) is 23.7 Å². The highest BCUT2D eigenvalue weighted by molar-refractivity contribution is 7.15. The van der Waals surface area contributed by atoms with Crippen LogP contribution in [0.3, 0.4) is 0 Å². The molecule has 0 amide bonds. The third-order valence-corrected chi connectivity index (χ3v) is 3.96. The number of rotatable bonds is 3. The number of nitriles is 1. The van der Waals surface area contributed by atoms with Crippen molar-refractivity contribution in [1.82, 2.24) is 9.97 Å². The molecule has 0 bridgehead atoms. The summed E-state index contributed by atoms with van der Waals surface area (Å²) >= 11 is 1.62. The van der Waals surface area contributed by atoms with Crippen molar-refractivity contribution in [3.05, 3.63) is 71.0 Å². The van der Waals surface area contributed by atoms with Crippen LogP contribution in [0.15, 0.2) is 55.0 Å². The van der Waals surface area contributed by atoms with Gasteiger partial charge in [-0.1, -0.05) is 36.4 Å². The minimum Gasteiger partial charge on any atom is -0.263 e. The van der Waals surface area contributed by atoms with Crippen LogP contribution in [-0.4, -0.2) is 9.97 Å². The van der Waals surface area contributed by atoms with Crippen LogP contribution < -0.4 is 0 Å². The highest BCUT2D eigenvalue weighted by atomic mass is 32.1. The van der Waals surface area contributed by atoms with E-state index in [1.807, 2.05) is 54.7 Å². The van der Waals surface area contributed by atoms with Gasteiger partial charge in [0.05, 0.1) is 5.56 Å². The summed E-state index contributed by atoms with van der Waals surface area (Å²) in [6.45, 7) is 0. The van der Waals surface area contributed by atoms with E-state index < -0.39 is 0 Å². The van der Waals surface area contributed by atoms with Crippen molar-refractivity contribution in [2.75, 3.05) is 0 Å². The van der Waals surface area contributed by atoms with E-state index in [-0.39, 0.29) is 0 Å². The maximum atomic E-state index is 9.03. The van der Waals surface area contributed by atoms with Crippen molar-refractivity contribution < 1.29 is 0 Å². The van der Waals surface area contributed by atoms with Gasteiger partial charge in [-0.15, -0.1) is 11.3 Å². The van der Waals surface area contributed by atoms with E-state index in [1.165, 1.54) is 0 Å². The Balaban J connectivity index is 1.85. The van der Waals surface area contributed by atoms with Crippen LogP contribution in [0.4, 0.5) is 0 Å². The van der Waals surface area contributed by atoms with Gasteiger partial charge in [0, 0.05) is 29.0 Å². The normalized spacial score (nSPS) is 10.6. The average molecular weight is 289 g/mol. The lowest BCUT2D eigenvalue weighted by Gasteiger charge is -1.94. The van der Waals surface area contributed by atoms with Crippen molar-refractivity contribution >= 4 is 23.5 Å². The molecule has 0 saturated heterocycles. The molecule has 100 valence electrons. The molecule has 21 heavy (non-hydrogen) atoms. The number of thiazole rings is 1. The lowest BCUT2D eigenvalue weighted by atomic mass is 10.1. The Morgan fingerprint density at radius 3 is 2.71 bits per heavy atom. The fraction of sp³-hybridized carbons (Fsp3) is 0. The third kappa shape index (κ3) is 3.04. The molecule has 3 rings (SSSR count). The number of benzene rings is 1. The molecule has 0 radical (unpaired) electrons. The molecule has 2 heterocycles. The first kappa shape index (κ1) is 13.2. The van der Waals surface area contributed by atoms with Crippen LogP contribution >= 0.6 is 11.3 Å². The van der Waals surface area contributed by atoms with Crippen LogP contribution in [0.25, 0.3) is 22.7 Å². The molecule has 4 heteroatoms. The number of hydrogen-bond acceptors (Lipinski definition) is 4. The molecule has 3 nitrogen and oxygen atoms in total. The van der Waals surface area contributed by atoms with Gasteiger partial charge in [0.15, 0.2) is 0 Å². The van der Waals surface area contributed by atoms with Gasteiger partial charge in [-0.25, -0.2) is 4.98 Å². The van der Waals surface area contributed by atoms with Crippen LogP contribution in [0.1, 0.15) is 16.0 Å². The van der Waals surface area contributed by atoms with Crippen LogP contribution in [0, 0.1) is 11.3 Å². The molecule has 0 aliphatic carbocycles. The van der Waals surface area contributed by atoms with E-state index in [0.29, 0.717) is 5.56 Å². The topological polar surface area (TPSA) is 49.6 Å². The number of pyridine rings is 1. The molecular weight excluding hydrogens is 278 g/mol. The first-order valence-corrected chi connectivity index (χ1v) is 7.22. The first-order chi connectivity index (χ1) is 10.4. The van der Waals surface area contributed by atoms with Crippen molar-refractivity contribution in [1.29, 1.82) is 5.26 Å². The van der Waals surface area contributed by atoms with Crippen molar-refractivity contribution in [2.24, 2.45) is 0 Å². The van der Waals surface area contributed by atoms with Crippen molar-refractivity contribution in [3.63, 3.8) is 0 Å². The van der Waals surface area contributed by atoms with Crippen LogP contribution in [0.2, 0.25) is 0 Å². The molecule has 0 aliphatic heterocycles. The number of nitrogens with zero attached hydrogens (tertiary/aromatic N) is 3. The molecule has 1 aromatic carbocycles. The zero-order valence-corrected chi connectivity index (χ0v) is 11.9. The van der Waals surface area contributed by atoms with Gasteiger partial charge in [0.25, 0.3) is 0 Å². The van der Waals surface area contributed by atoms with E-state index in [0.717, 1.165) is 21.0 Å². The minimum absolute atomic E-state index is 0.571. The largest absolute Gasteiger partial charge is 0.263 e. The van der Waals surface area contributed by atoms with Crippen LogP contribution in [-0.2, 0) is 0 Å². The summed E-state index contributed by atoms with van der Waals surface area (Å²) in [6, 6.07) is 14.0. The first-order valence-electron chi connectivity index (χ1n) is 6.40. The standard InChI is InChI=1S/C17H11N3S/c18-10-15-11-19-9-8-13(15)6-7-16-12-20-17(21-16)14-4-2-1-3-5-14/h1-9,11-12H/b7-6+. The van der Waals surface area contributed by atoms with Gasteiger partial charge in [-0.2, -0.15) is 5.26 Å². The Bertz CT molecular complexity index is 813. The SMILES string of the molecule is N#Cc1cnccc1/C=C/c1cnc(-c2ccccc2)s1. The van der Waals surface area contributed by atoms with E-state index in [2.05, 4.69) is 16.0 Å². The second kappa shape index (κ2) is 6.12. The van der Waals surface area contributed by atoms with E-state index in [4.69, 9.17) is 5.26 Å². The fourth-order valence-corrected chi connectivity index (χ4v) is 2.72. The summed E-state index contributed by atoms with van der Waals surface area (Å²) in [6.07, 6.45) is 8.99. The fourth-order valence-electron chi connectivity index (χ4n) is 1.89. The molecule has 0 atom stereocenters. The Hall–Kier alpha value is -2.77. The van der Waals surface area contributed by atoms with Gasteiger partial charge in [-0.05, 0) is 17.7 Å². The lowest BCUT2D eigenvalue weighted by molar-refractivity contribution is 1.29. The summed E-state index contributed by atoms with van der Waals surface area (Å²) in [5.74, 6) is 0. The smallest absolute Gasteiger partial charge is 0.123 e. The molecular formula is C17H11N3S. The maximum Gasteiger partial charge on any atom is 0.123 e. The number of aromatic nitrogens is 2. The Labute approximate surface area is 126 Å². The molecule has 3 aromatic rings. The Morgan fingerprint density at radius 1 is 1.05 bits per heavy atom. The quantitative estimate of drug-likeness (QED) is 0.724. The molecule has 2 aromatic heterocycles. The second-order valence-electron chi connectivity index (χ2n) is 4.34. The highest BCUT2D eigenvalue weighted by Gasteiger charge is 2.02. The zero-order valence-electron chi connectivity index (χ0n) is 11.1. The van der Waals surface area contributed by atoms with Crippen molar-refractivity contribution in [2.45, 2.75) is 0 Å². The third-order valence-electron chi connectivity index (χ3n) is 2.95. The predicted octanol–water partition coefficient (Wildman–Crippen LogP) is 4.25. The highest BCUT2D eigenvalue weighted by Crippen LogP contribution is 2.26. The predicted molar refractivity (Wildman–Crippen MR) is 85.4 cm³/mol. The van der Waals surface area contributed by atoms with Gasteiger partial charge < -0.3 is 0 Å². The molecule has 0 fully saturated rings. The Morgan fingerprint density at radius 2 is 1.90 bits per heavy atom. The molecule has 0 unspecified atom stereocenters. The van der Waals surface area contributed by atoms with Crippen molar-refractivity contribution in [3.8, 4) is 16.6 Å². The van der Waals surface area contributed by atoms with Gasteiger partial charge in [0.2, 0.25) is 0 Å². The van der Waals surface area contributed by atoms with Crippen LogP contribution in [0.5, 0.6) is 0 Å². The van der Waals surface area contributed by atoms with Gasteiger partial charge in [0.1, 0.15) is 11.1 Å². The molecule has 0 saturated carbocycles. The lowest BCUT2D eigenvalue weighted by Crippen LogP contribution is -1.82. The monoisotopic (exact) mass is 289 g/mol. The molecule has 0 N–H and O–H groups in total. The van der Waals surface area contributed by atoms with Gasteiger partial charge >= 0.3 is 0 Å². The Kier molecular flexibility index (Phi) is 3.85. The molecule has 0 aliphatic rings. The molecule has 0 spiro atoms. The second-order valence-corrected chi connectivity index (χ2v) is 5.40. The van der Waals surface area contributed by atoms with E-state index in [9.17, 15) is 0 Å². The number of hydrogen-bond donors (Lipinski definition) is 0. The summed E-state index contributed by atoms with van der Waals surface area (Å²) < 4.78 is 0. The summed E-state index contributed by atoms with van der Waals surface area (Å²) in [4.78, 5) is 9.43. The summed E-state index contributed by atoms with van der Waals surface area (Å²) in [7, 11) is 0. The zero-order chi connectivity index (χ0) is 14.5. The minimum atomic E-state index is 0.571. The summed E-state index contributed by atoms with van der Waals surface area (Å²) in [5, 5.41) is 10.0. The van der Waals surface area contributed by atoms with E-state index >= 15 is 0 Å². The maximum absolute atomic E-state index is 9.03. The van der Waals surface area contributed by atoms with Gasteiger partial charge in [-0.3, -0.25) is 4.98 Å².